The van der Waals surface area contributed by atoms with Gasteiger partial charge in [0.05, 0.1) is 0 Å². The van der Waals surface area contributed by atoms with Crippen LogP contribution in [0.3, 0.4) is 0 Å². The maximum Gasteiger partial charge on any atom is 0.408 e. The summed E-state index contributed by atoms with van der Waals surface area (Å²) in [6.07, 6.45) is 0.889. The molecule has 20 heavy (non-hydrogen) atoms. The molecule has 0 aliphatic rings. The molecule has 0 aromatic heterocycles. The van der Waals surface area contributed by atoms with Crippen molar-refractivity contribution in [3.8, 4) is 0 Å². The fraction of sp³-hybridized carbons (Fsp3) is 0.727. The summed E-state index contributed by atoms with van der Waals surface area (Å²) in [5.41, 5.74) is 5.35. The number of hydroxylamine groups is 2. The van der Waals surface area contributed by atoms with Crippen LogP contribution in [0.25, 0.3) is 0 Å². The normalized spacial score (nSPS) is 12.7. The van der Waals surface area contributed by atoms with Gasteiger partial charge < -0.3 is 20.9 Å². The number of unbranched alkanes of at least 4 members (excludes halogenated alkanes) is 1. The van der Waals surface area contributed by atoms with Crippen molar-refractivity contribution in [1.29, 1.82) is 0 Å². The van der Waals surface area contributed by atoms with Crippen molar-refractivity contribution in [1.82, 2.24) is 10.4 Å². The number of ether oxygens (including phenoxy) is 1. The molecule has 0 aliphatic carbocycles. The summed E-state index contributed by atoms with van der Waals surface area (Å²) < 4.78 is 4.64. The molecule has 0 radical (unpaired) electrons. The Labute approximate surface area is 117 Å². The van der Waals surface area contributed by atoms with E-state index in [0.29, 0.717) is 31.6 Å². The molecular weight excluding hydrogens is 268 g/mol. The van der Waals surface area contributed by atoms with Crippen molar-refractivity contribution >= 4 is 17.9 Å². The predicted molar refractivity (Wildman–Crippen MR) is 71.5 cm³/mol. The standard InChI is InChI=1S/C11H22N4O5/c1-8(14-7-20-11(18)13-2)15(19)6-4-3-5-9(12)10(16)17/h9,19H,3-7,12H2,1-2H3,(H,13,18)(H,16,17). The second-order valence-corrected chi connectivity index (χ2v) is 4.08. The van der Waals surface area contributed by atoms with E-state index in [2.05, 4.69) is 15.0 Å². The number of hydrogen-bond donors (Lipinski definition) is 4. The summed E-state index contributed by atoms with van der Waals surface area (Å²) in [4.78, 5) is 25.1. The number of nitrogens with one attached hydrogen (secondary N) is 1. The highest BCUT2D eigenvalue weighted by atomic mass is 16.6. The fourth-order valence-electron chi connectivity index (χ4n) is 1.25. The number of amides is 1. The highest BCUT2D eigenvalue weighted by Crippen LogP contribution is 2.01. The third-order valence-corrected chi connectivity index (χ3v) is 2.52. The number of amidine groups is 1. The van der Waals surface area contributed by atoms with Gasteiger partial charge in [-0.3, -0.25) is 10.0 Å². The molecule has 0 bridgehead atoms. The van der Waals surface area contributed by atoms with Crippen LogP contribution in [0.1, 0.15) is 26.2 Å². The van der Waals surface area contributed by atoms with E-state index in [4.69, 9.17) is 10.8 Å². The first kappa shape index (κ1) is 18.1. The van der Waals surface area contributed by atoms with E-state index >= 15 is 0 Å². The summed E-state index contributed by atoms with van der Waals surface area (Å²) in [6.45, 7) is 1.67. The molecule has 0 fully saturated rings. The van der Waals surface area contributed by atoms with Crippen molar-refractivity contribution in [2.45, 2.75) is 32.2 Å². The molecule has 1 atom stereocenters. The lowest BCUT2D eigenvalue weighted by Crippen LogP contribution is -2.30. The third kappa shape index (κ3) is 8.27. The number of carbonyl (C=O) groups is 2. The second kappa shape index (κ2) is 9.98. The minimum atomic E-state index is -1.03. The van der Waals surface area contributed by atoms with Crippen molar-refractivity contribution < 1.29 is 24.6 Å². The Kier molecular flexibility index (Phi) is 9.05. The summed E-state index contributed by atoms with van der Waals surface area (Å²) in [5, 5.41) is 21.4. The van der Waals surface area contributed by atoms with Crippen LogP contribution in [0.4, 0.5) is 4.79 Å². The first-order chi connectivity index (χ1) is 9.38. The molecule has 0 saturated heterocycles. The lowest BCUT2D eigenvalue weighted by molar-refractivity contribution is -0.138. The molecular formula is C11H22N4O5. The number of aliphatic carboxylic acids is 1. The molecule has 5 N–H and O–H groups in total. The van der Waals surface area contributed by atoms with Crippen LogP contribution < -0.4 is 11.1 Å². The summed E-state index contributed by atoms with van der Waals surface area (Å²) in [6, 6.07) is -0.877. The zero-order chi connectivity index (χ0) is 15.5. The zero-order valence-corrected chi connectivity index (χ0v) is 11.7. The van der Waals surface area contributed by atoms with Crippen molar-refractivity contribution in [3.05, 3.63) is 0 Å². The highest BCUT2D eigenvalue weighted by Gasteiger charge is 2.11. The van der Waals surface area contributed by atoms with Gasteiger partial charge in [0.1, 0.15) is 11.9 Å². The van der Waals surface area contributed by atoms with Gasteiger partial charge in [-0.2, -0.15) is 0 Å². The van der Waals surface area contributed by atoms with Gasteiger partial charge in [0.2, 0.25) is 0 Å². The Bertz CT molecular complexity index is 348. The summed E-state index contributed by atoms with van der Waals surface area (Å²) in [7, 11) is 1.43. The maximum atomic E-state index is 10.8. The summed E-state index contributed by atoms with van der Waals surface area (Å²) in [5.74, 6) is -0.730. The van der Waals surface area contributed by atoms with Crippen molar-refractivity contribution in [2.24, 2.45) is 10.7 Å². The average Bonchev–Trinajstić information content (AvgIpc) is 2.42. The monoisotopic (exact) mass is 290 g/mol. The number of nitrogens with two attached hydrogens (primary N) is 1. The highest BCUT2D eigenvalue weighted by molar-refractivity contribution is 5.78. The Hall–Kier alpha value is -1.87. The number of rotatable bonds is 8. The molecule has 9 nitrogen and oxygen atoms in total. The van der Waals surface area contributed by atoms with E-state index in [0.717, 1.165) is 5.06 Å². The van der Waals surface area contributed by atoms with Crippen LogP contribution >= 0.6 is 0 Å². The quantitative estimate of drug-likeness (QED) is 0.213. The van der Waals surface area contributed by atoms with Crippen LogP contribution in [-0.4, -0.2) is 59.6 Å². The first-order valence-corrected chi connectivity index (χ1v) is 6.18. The minimum Gasteiger partial charge on any atom is -0.480 e. The van der Waals surface area contributed by atoms with Crippen LogP contribution in [0.5, 0.6) is 0 Å². The van der Waals surface area contributed by atoms with Crippen LogP contribution in [0.2, 0.25) is 0 Å². The number of carboxylic acid groups (broad SMARTS) is 1. The van der Waals surface area contributed by atoms with Gasteiger partial charge in [0.15, 0.2) is 6.73 Å². The van der Waals surface area contributed by atoms with Crippen molar-refractivity contribution in [2.75, 3.05) is 20.3 Å². The van der Waals surface area contributed by atoms with Gasteiger partial charge in [-0.25, -0.2) is 14.9 Å². The molecule has 0 aliphatic heterocycles. The molecule has 0 rings (SSSR count). The number of nitrogens with zero attached hydrogens (tertiary/aromatic N) is 2. The smallest absolute Gasteiger partial charge is 0.408 e. The third-order valence-electron chi connectivity index (χ3n) is 2.52. The molecule has 0 spiro atoms. The van der Waals surface area contributed by atoms with Gasteiger partial charge in [-0.1, -0.05) is 0 Å². The van der Waals surface area contributed by atoms with E-state index in [-0.39, 0.29) is 6.73 Å². The number of alkyl carbamates (subject to hydrolysis) is 1. The van der Waals surface area contributed by atoms with Crippen LogP contribution in [0, 0.1) is 0 Å². The van der Waals surface area contributed by atoms with Gasteiger partial charge >= 0.3 is 12.1 Å². The van der Waals surface area contributed by atoms with Gasteiger partial charge in [-0.05, 0) is 26.2 Å². The molecule has 1 unspecified atom stereocenters. The van der Waals surface area contributed by atoms with Gasteiger partial charge in [-0.15, -0.1) is 0 Å². The SMILES string of the molecule is CNC(=O)OCN=C(C)N(O)CCCCC(N)C(=O)O. The number of aliphatic imine (C=N–C) groups is 1. The average molecular weight is 290 g/mol. The summed E-state index contributed by atoms with van der Waals surface area (Å²) >= 11 is 0. The Morgan fingerprint density at radius 3 is 2.65 bits per heavy atom. The van der Waals surface area contributed by atoms with E-state index in [1.54, 1.807) is 6.92 Å². The van der Waals surface area contributed by atoms with Gasteiger partial charge in [0.25, 0.3) is 0 Å². The van der Waals surface area contributed by atoms with Crippen LogP contribution in [0.15, 0.2) is 4.99 Å². The maximum absolute atomic E-state index is 10.8. The zero-order valence-electron chi connectivity index (χ0n) is 11.7. The number of hydrogen-bond acceptors (Lipinski definition) is 6. The number of carboxylic acids is 1. The Morgan fingerprint density at radius 1 is 1.45 bits per heavy atom. The second-order valence-electron chi connectivity index (χ2n) is 4.08. The molecule has 1 amide bonds. The Balaban J connectivity index is 3.84. The van der Waals surface area contributed by atoms with E-state index < -0.39 is 18.1 Å². The molecule has 9 heteroatoms. The molecule has 116 valence electrons. The van der Waals surface area contributed by atoms with Gasteiger partial charge in [0, 0.05) is 13.6 Å². The van der Waals surface area contributed by atoms with Crippen molar-refractivity contribution in [3.63, 3.8) is 0 Å². The molecule has 0 heterocycles. The molecule has 0 saturated carbocycles. The lowest BCUT2D eigenvalue weighted by Gasteiger charge is -2.16. The van der Waals surface area contributed by atoms with E-state index in [9.17, 15) is 14.8 Å². The molecule has 0 aromatic rings. The van der Waals surface area contributed by atoms with Crippen LogP contribution in [-0.2, 0) is 9.53 Å². The van der Waals surface area contributed by atoms with E-state index in [1.807, 2.05) is 0 Å². The number of carbonyl (C=O) groups excluding carboxylic acids is 1. The largest absolute Gasteiger partial charge is 0.480 e. The van der Waals surface area contributed by atoms with E-state index in [1.165, 1.54) is 7.05 Å². The Morgan fingerprint density at radius 2 is 2.10 bits per heavy atom. The fourth-order valence-corrected chi connectivity index (χ4v) is 1.25. The topological polar surface area (TPSA) is 137 Å². The first-order valence-electron chi connectivity index (χ1n) is 6.18. The minimum absolute atomic E-state index is 0.188. The molecule has 0 aromatic carbocycles. The predicted octanol–water partition coefficient (Wildman–Crippen LogP) is -0.00830. The lowest BCUT2D eigenvalue weighted by atomic mass is 10.1.